The van der Waals surface area contributed by atoms with E-state index in [0.717, 1.165) is 60.9 Å². The van der Waals surface area contributed by atoms with Crippen molar-refractivity contribution in [2.45, 2.75) is 25.9 Å². The minimum absolute atomic E-state index is 0.595. The highest BCUT2D eigenvalue weighted by Crippen LogP contribution is 2.38. The van der Waals surface area contributed by atoms with Gasteiger partial charge in [-0.3, -0.25) is 4.90 Å². The minimum Gasteiger partial charge on any atom is -0.493 e. The molecule has 172 valence electrons. The lowest BCUT2D eigenvalue weighted by Crippen LogP contribution is -2.26. The molecule has 0 spiro atoms. The zero-order valence-electron chi connectivity index (χ0n) is 19.6. The fourth-order valence-electron chi connectivity index (χ4n) is 4.86. The van der Waals surface area contributed by atoms with Gasteiger partial charge in [0.25, 0.3) is 0 Å². The van der Waals surface area contributed by atoms with Gasteiger partial charge in [0.1, 0.15) is 6.61 Å². The van der Waals surface area contributed by atoms with Crippen molar-refractivity contribution < 1.29 is 14.2 Å². The summed E-state index contributed by atoms with van der Waals surface area (Å²) in [7, 11) is 5.51. The maximum Gasteiger partial charge on any atom is 0.213 e. The summed E-state index contributed by atoms with van der Waals surface area (Å²) < 4.78 is 17.2. The molecular weight excluding hydrogens is 414 g/mol. The van der Waals surface area contributed by atoms with E-state index in [0.29, 0.717) is 12.5 Å². The molecule has 0 radical (unpaired) electrons. The summed E-state index contributed by atoms with van der Waals surface area (Å²) >= 11 is 0. The Hall–Kier alpha value is -3.25. The molecule has 0 saturated carbocycles. The summed E-state index contributed by atoms with van der Waals surface area (Å²) in [6.45, 7) is 4.32. The first-order chi connectivity index (χ1) is 16.1. The monoisotopic (exact) mass is 445 g/mol. The topological polar surface area (TPSA) is 47.1 Å². The average Bonchev–Trinajstić information content (AvgIpc) is 3.05. The van der Waals surface area contributed by atoms with Gasteiger partial charge in [0.2, 0.25) is 5.88 Å². The highest BCUT2D eigenvalue weighted by atomic mass is 16.5. The van der Waals surface area contributed by atoms with E-state index in [1.165, 1.54) is 23.2 Å². The molecule has 6 nitrogen and oxygen atoms in total. The van der Waals surface area contributed by atoms with Crippen LogP contribution in [0.4, 0.5) is 5.69 Å². The molecule has 6 heteroatoms. The number of nitrogens with zero attached hydrogens (tertiary/aromatic N) is 3. The van der Waals surface area contributed by atoms with Crippen LogP contribution >= 0.6 is 0 Å². The molecule has 0 atom stereocenters. The lowest BCUT2D eigenvalue weighted by Gasteiger charge is -2.28. The Kier molecular flexibility index (Phi) is 6.09. The number of anilines is 1. The smallest absolute Gasteiger partial charge is 0.213 e. The Morgan fingerprint density at radius 1 is 1.00 bits per heavy atom. The molecule has 5 rings (SSSR count). The van der Waals surface area contributed by atoms with Crippen LogP contribution in [0.2, 0.25) is 0 Å². The Morgan fingerprint density at radius 3 is 2.76 bits per heavy atom. The Morgan fingerprint density at radius 2 is 1.91 bits per heavy atom. The maximum absolute atomic E-state index is 6.16. The van der Waals surface area contributed by atoms with Crippen molar-refractivity contribution in [2.75, 3.05) is 45.9 Å². The van der Waals surface area contributed by atoms with Gasteiger partial charge in [-0.05, 0) is 48.2 Å². The second-order valence-electron chi connectivity index (χ2n) is 8.78. The molecule has 2 aromatic carbocycles. The molecule has 0 bridgehead atoms. The standard InChI is InChI=1S/C27H31N3O3/c1-29-11-5-6-20-14-19(9-10-24(20)29)17-30-12-13-33-27-22(18-30)15-21(16-25(27)31-2)23-7-4-8-26(28-23)32-3/h4,7-10,14-16H,5-6,11-13,17-18H2,1-3H3. The summed E-state index contributed by atoms with van der Waals surface area (Å²) in [5.41, 5.74) is 7.14. The predicted octanol–water partition coefficient (Wildman–Crippen LogP) is 4.54. The van der Waals surface area contributed by atoms with Crippen molar-refractivity contribution in [3.05, 3.63) is 65.2 Å². The summed E-state index contributed by atoms with van der Waals surface area (Å²) in [4.78, 5) is 9.41. The fraction of sp³-hybridized carbons (Fsp3) is 0.370. The molecule has 0 fully saturated rings. The lowest BCUT2D eigenvalue weighted by atomic mass is 9.99. The molecular formula is C27H31N3O3. The number of pyridine rings is 1. The largest absolute Gasteiger partial charge is 0.493 e. The van der Waals surface area contributed by atoms with Crippen LogP contribution in [0.5, 0.6) is 17.4 Å². The summed E-state index contributed by atoms with van der Waals surface area (Å²) in [6, 6.07) is 16.9. The van der Waals surface area contributed by atoms with Crippen LogP contribution in [0.15, 0.2) is 48.5 Å². The maximum atomic E-state index is 6.16. The molecule has 2 aliphatic heterocycles. The lowest BCUT2D eigenvalue weighted by molar-refractivity contribution is 0.217. The number of ether oxygens (including phenoxy) is 3. The summed E-state index contributed by atoms with van der Waals surface area (Å²) in [5.74, 6) is 2.17. The van der Waals surface area contributed by atoms with Crippen molar-refractivity contribution in [1.82, 2.24) is 9.88 Å². The zero-order chi connectivity index (χ0) is 22.8. The van der Waals surface area contributed by atoms with E-state index in [-0.39, 0.29) is 0 Å². The highest BCUT2D eigenvalue weighted by molar-refractivity contribution is 5.67. The quantitative estimate of drug-likeness (QED) is 0.575. The molecule has 0 amide bonds. The van der Waals surface area contributed by atoms with E-state index in [4.69, 9.17) is 14.2 Å². The highest BCUT2D eigenvalue weighted by Gasteiger charge is 2.22. The van der Waals surface area contributed by atoms with E-state index < -0.39 is 0 Å². The fourth-order valence-corrected chi connectivity index (χ4v) is 4.86. The molecule has 3 aromatic rings. The van der Waals surface area contributed by atoms with E-state index in [1.807, 2.05) is 24.3 Å². The van der Waals surface area contributed by atoms with Gasteiger partial charge in [-0.25, -0.2) is 4.98 Å². The number of aryl methyl sites for hydroxylation is 1. The molecule has 0 aliphatic carbocycles. The van der Waals surface area contributed by atoms with Crippen molar-refractivity contribution in [2.24, 2.45) is 0 Å². The molecule has 3 heterocycles. The summed E-state index contributed by atoms with van der Waals surface area (Å²) in [6.07, 6.45) is 2.38. The van der Waals surface area contributed by atoms with E-state index >= 15 is 0 Å². The first kappa shape index (κ1) is 21.6. The number of rotatable bonds is 5. The van der Waals surface area contributed by atoms with Crippen LogP contribution in [0, 0.1) is 0 Å². The number of hydrogen-bond acceptors (Lipinski definition) is 6. The van der Waals surface area contributed by atoms with Crippen LogP contribution in [0.25, 0.3) is 11.3 Å². The minimum atomic E-state index is 0.595. The van der Waals surface area contributed by atoms with Crippen molar-refractivity contribution in [3.63, 3.8) is 0 Å². The van der Waals surface area contributed by atoms with Crippen LogP contribution in [0.1, 0.15) is 23.1 Å². The second-order valence-corrected chi connectivity index (χ2v) is 8.78. The van der Waals surface area contributed by atoms with Crippen molar-refractivity contribution in [3.8, 4) is 28.6 Å². The number of hydrogen-bond donors (Lipinski definition) is 0. The normalized spacial score (nSPS) is 15.8. The van der Waals surface area contributed by atoms with Gasteiger partial charge in [0, 0.05) is 56.1 Å². The average molecular weight is 446 g/mol. The number of methoxy groups -OCH3 is 2. The number of fused-ring (bicyclic) bond motifs is 2. The second kappa shape index (κ2) is 9.32. The zero-order valence-corrected chi connectivity index (χ0v) is 19.6. The van der Waals surface area contributed by atoms with Gasteiger partial charge in [-0.15, -0.1) is 0 Å². The van der Waals surface area contributed by atoms with Gasteiger partial charge in [-0.2, -0.15) is 0 Å². The Bertz CT molecular complexity index is 1150. The first-order valence-corrected chi connectivity index (χ1v) is 11.5. The SMILES string of the molecule is COc1cccc(-c2cc3c(c(OC)c2)OCCN(Cc2ccc4c(c2)CCCN4C)C3)n1. The molecule has 2 aliphatic rings. The Labute approximate surface area is 195 Å². The molecule has 33 heavy (non-hydrogen) atoms. The number of aromatic nitrogens is 1. The van der Waals surface area contributed by atoms with Crippen LogP contribution in [-0.2, 0) is 19.5 Å². The van der Waals surface area contributed by atoms with Gasteiger partial charge >= 0.3 is 0 Å². The summed E-state index contributed by atoms with van der Waals surface area (Å²) in [5, 5.41) is 0. The van der Waals surface area contributed by atoms with Gasteiger partial charge in [0.15, 0.2) is 11.5 Å². The van der Waals surface area contributed by atoms with Gasteiger partial charge < -0.3 is 19.1 Å². The molecule has 1 aromatic heterocycles. The first-order valence-electron chi connectivity index (χ1n) is 11.5. The predicted molar refractivity (Wildman–Crippen MR) is 130 cm³/mol. The Balaban J connectivity index is 1.43. The van der Waals surface area contributed by atoms with Crippen LogP contribution in [0.3, 0.4) is 0 Å². The third kappa shape index (κ3) is 4.48. The van der Waals surface area contributed by atoms with E-state index in [2.05, 4.69) is 46.1 Å². The van der Waals surface area contributed by atoms with Gasteiger partial charge in [-0.1, -0.05) is 18.2 Å². The third-order valence-electron chi connectivity index (χ3n) is 6.53. The number of benzene rings is 2. The van der Waals surface area contributed by atoms with E-state index in [1.54, 1.807) is 14.2 Å². The molecule has 0 saturated heterocycles. The van der Waals surface area contributed by atoms with Crippen molar-refractivity contribution in [1.29, 1.82) is 0 Å². The van der Waals surface area contributed by atoms with E-state index in [9.17, 15) is 0 Å². The van der Waals surface area contributed by atoms with Crippen molar-refractivity contribution >= 4 is 5.69 Å². The third-order valence-corrected chi connectivity index (χ3v) is 6.53. The molecule has 0 unspecified atom stereocenters. The molecule has 0 N–H and O–H groups in total. The van der Waals surface area contributed by atoms with Gasteiger partial charge in [0.05, 0.1) is 19.9 Å². The van der Waals surface area contributed by atoms with Crippen LogP contribution in [-0.4, -0.2) is 50.8 Å². The van der Waals surface area contributed by atoms with Crippen LogP contribution < -0.4 is 19.1 Å².